The number of aromatic hydroxyl groups is 1. The fourth-order valence-electron chi connectivity index (χ4n) is 1.69. The fraction of sp³-hybridized carbons (Fsp3) is 0.538. The molecule has 0 aliphatic heterocycles. The van der Waals surface area contributed by atoms with Gasteiger partial charge in [-0.2, -0.15) is 13.1 Å². The number of anilines is 1. The second-order valence-corrected chi connectivity index (χ2v) is 6.56. The van der Waals surface area contributed by atoms with E-state index in [0.29, 0.717) is 18.8 Å². The van der Waals surface area contributed by atoms with Gasteiger partial charge in [0.15, 0.2) is 0 Å². The van der Waals surface area contributed by atoms with Crippen LogP contribution in [0.25, 0.3) is 0 Å². The topological polar surface area (TPSA) is 69.6 Å². The summed E-state index contributed by atoms with van der Waals surface area (Å²) in [7, 11) is -3.59. The summed E-state index contributed by atoms with van der Waals surface area (Å²) in [5.74, 6) is 0.289. The highest BCUT2D eigenvalue weighted by molar-refractivity contribution is 7.90. The molecule has 0 saturated heterocycles. The van der Waals surface area contributed by atoms with Crippen LogP contribution >= 0.6 is 0 Å². The van der Waals surface area contributed by atoms with E-state index < -0.39 is 10.2 Å². The summed E-state index contributed by atoms with van der Waals surface area (Å²) in [6, 6.07) is 4.71. The monoisotopic (exact) mass is 286 g/mol. The molecule has 0 fully saturated rings. The van der Waals surface area contributed by atoms with Crippen molar-refractivity contribution in [3.63, 3.8) is 0 Å². The quantitative estimate of drug-likeness (QED) is 0.840. The minimum atomic E-state index is -3.59. The lowest BCUT2D eigenvalue weighted by Crippen LogP contribution is -2.42. The van der Waals surface area contributed by atoms with E-state index in [1.54, 1.807) is 19.1 Å². The Morgan fingerprint density at radius 2 is 2.00 bits per heavy atom. The third-order valence-electron chi connectivity index (χ3n) is 2.71. The van der Waals surface area contributed by atoms with E-state index >= 15 is 0 Å². The number of hydrogen-bond donors (Lipinski definition) is 2. The van der Waals surface area contributed by atoms with Crippen LogP contribution in [0.15, 0.2) is 18.2 Å². The van der Waals surface area contributed by atoms with E-state index in [1.165, 1.54) is 10.4 Å². The average molecular weight is 286 g/mol. The third-order valence-corrected chi connectivity index (χ3v) is 4.28. The molecule has 0 unspecified atom stereocenters. The Labute approximate surface area is 115 Å². The van der Waals surface area contributed by atoms with Crippen LogP contribution in [0, 0.1) is 12.8 Å². The van der Waals surface area contributed by atoms with Gasteiger partial charge >= 0.3 is 10.2 Å². The van der Waals surface area contributed by atoms with Gasteiger partial charge in [-0.15, -0.1) is 0 Å². The Hall–Kier alpha value is -1.27. The van der Waals surface area contributed by atoms with Crippen LogP contribution in [-0.2, 0) is 10.2 Å². The average Bonchev–Trinajstić information content (AvgIpc) is 2.32. The van der Waals surface area contributed by atoms with Gasteiger partial charge in [-0.25, -0.2) is 0 Å². The second kappa shape index (κ2) is 6.25. The Morgan fingerprint density at radius 1 is 1.37 bits per heavy atom. The number of phenolic OH excluding ortho intramolecular Hbond substituents is 1. The smallest absolute Gasteiger partial charge is 0.301 e. The van der Waals surface area contributed by atoms with Gasteiger partial charge in [0.05, 0.1) is 5.69 Å². The zero-order chi connectivity index (χ0) is 14.6. The van der Waals surface area contributed by atoms with Crippen LogP contribution in [0.4, 0.5) is 5.69 Å². The molecule has 0 aliphatic carbocycles. The minimum Gasteiger partial charge on any atom is -0.508 e. The van der Waals surface area contributed by atoms with Gasteiger partial charge < -0.3 is 5.11 Å². The molecule has 0 spiro atoms. The molecule has 5 nitrogen and oxygen atoms in total. The maximum Gasteiger partial charge on any atom is 0.301 e. The Bertz CT molecular complexity index is 527. The van der Waals surface area contributed by atoms with Crippen molar-refractivity contribution in [1.82, 2.24) is 4.72 Å². The first-order chi connectivity index (χ1) is 8.77. The van der Waals surface area contributed by atoms with Crippen LogP contribution in [0.1, 0.15) is 26.3 Å². The molecular formula is C13H22N2O3S. The summed E-state index contributed by atoms with van der Waals surface area (Å²) in [6.07, 6.45) is 0. The summed E-state index contributed by atoms with van der Waals surface area (Å²) in [4.78, 5) is 0. The molecule has 2 N–H and O–H groups in total. The third kappa shape index (κ3) is 4.11. The first-order valence-electron chi connectivity index (χ1n) is 6.35. The van der Waals surface area contributed by atoms with Crippen molar-refractivity contribution >= 4 is 15.9 Å². The molecule has 0 aromatic heterocycles. The van der Waals surface area contributed by atoms with E-state index in [-0.39, 0.29) is 11.7 Å². The number of hydrogen-bond acceptors (Lipinski definition) is 3. The van der Waals surface area contributed by atoms with Gasteiger partial charge in [0.2, 0.25) is 0 Å². The summed E-state index contributed by atoms with van der Waals surface area (Å²) >= 11 is 0. The van der Waals surface area contributed by atoms with Crippen LogP contribution < -0.4 is 9.03 Å². The van der Waals surface area contributed by atoms with E-state index in [1.807, 2.05) is 20.8 Å². The molecule has 1 aromatic carbocycles. The summed E-state index contributed by atoms with van der Waals surface area (Å²) in [5.41, 5.74) is 1.30. The first kappa shape index (κ1) is 15.8. The first-order valence-corrected chi connectivity index (χ1v) is 7.79. The number of nitrogens with zero attached hydrogens (tertiary/aromatic N) is 1. The highest BCUT2D eigenvalue weighted by Crippen LogP contribution is 2.26. The number of phenols is 1. The van der Waals surface area contributed by atoms with Crippen molar-refractivity contribution in [1.29, 1.82) is 0 Å². The molecule has 0 amide bonds. The minimum absolute atomic E-state index is 0.0538. The molecule has 1 rings (SSSR count). The molecule has 108 valence electrons. The predicted molar refractivity (Wildman–Crippen MR) is 77.6 cm³/mol. The Morgan fingerprint density at radius 3 is 2.53 bits per heavy atom. The van der Waals surface area contributed by atoms with Crippen molar-refractivity contribution in [3.05, 3.63) is 23.8 Å². The maximum absolute atomic E-state index is 12.3. The number of aryl methyl sites for hydroxylation is 1. The summed E-state index contributed by atoms with van der Waals surface area (Å²) in [6.45, 7) is 8.15. The number of rotatable bonds is 6. The van der Waals surface area contributed by atoms with Crippen LogP contribution in [0.3, 0.4) is 0 Å². The highest BCUT2D eigenvalue weighted by atomic mass is 32.2. The Balaban J connectivity index is 3.09. The van der Waals surface area contributed by atoms with E-state index in [4.69, 9.17) is 0 Å². The molecule has 19 heavy (non-hydrogen) atoms. The van der Waals surface area contributed by atoms with Gasteiger partial charge in [0.25, 0.3) is 0 Å². The Kier molecular flexibility index (Phi) is 5.20. The normalized spacial score (nSPS) is 11.8. The highest BCUT2D eigenvalue weighted by Gasteiger charge is 2.22. The van der Waals surface area contributed by atoms with Crippen molar-refractivity contribution in [2.75, 3.05) is 17.4 Å². The fourth-order valence-corrected chi connectivity index (χ4v) is 3.18. The number of benzene rings is 1. The van der Waals surface area contributed by atoms with Crippen molar-refractivity contribution in [3.8, 4) is 5.75 Å². The molecule has 0 aliphatic rings. The maximum atomic E-state index is 12.3. The van der Waals surface area contributed by atoms with Crippen LogP contribution in [0.2, 0.25) is 0 Å². The largest absolute Gasteiger partial charge is 0.508 e. The second-order valence-electron chi connectivity index (χ2n) is 4.88. The van der Waals surface area contributed by atoms with Gasteiger partial charge in [-0.1, -0.05) is 19.9 Å². The molecular weight excluding hydrogens is 264 g/mol. The van der Waals surface area contributed by atoms with Gasteiger partial charge in [-0.3, -0.25) is 4.31 Å². The standard InChI is InChI=1S/C13H22N2O3S/c1-5-15(19(17,18)14-9-10(2)3)13-8-12(16)7-6-11(13)4/h6-8,10,14,16H,5,9H2,1-4H3. The molecule has 6 heteroatoms. The van der Waals surface area contributed by atoms with Gasteiger partial charge in [0.1, 0.15) is 5.75 Å². The van der Waals surface area contributed by atoms with E-state index in [0.717, 1.165) is 5.56 Å². The molecule has 0 radical (unpaired) electrons. The lowest BCUT2D eigenvalue weighted by atomic mass is 10.2. The summed E-state index contributed by atoms with van der Waals surface area (Å²) in [5, 5.41) is 9.52. The number of nitrogens with one attached hydrogen (secondary N) is 1. The summed E-state index contributed by atoms with van der Waals surface area (Å²) < 4.78 is 28.4. The van der Waals surface area contributed by atoms with E-state index in [2.05, 4.69) is 4.72 Å². The SMILES string of the molecule is CCN(c1cc(O)ccc1C)S(=O)(=O)NCC(C)C. The van der Waals surface area contributed by atoms with Gasteiger partial charge in [0, 0.05) is 19.2 Å². The van der Waals surface area contributed by atoms with Gasteiger partial charge in [-0.05, 0) is 31.4 Å². The van der Waals surface area contributed by atoms with Crippen molar-refractivity contribution in [2.45, 2.75) is 27.7 Å². The molecule has 1 aromatic rings. The lowest BCUT2D eigenvalue weighted by Gasteiger charge is -2.25. The predicted octanol–water partition coefficient (Wildman–Crippen LogP) is 2.02. The lowest BCUT2D eigenvalue weighted by molar-refractivity contribution is 0.475. The molecule has 0 bridgehead atoms. The van der Waals surface area contributed by atoms with Crippen LogP contribution in [0.5, 0.6) is 5.75 Å². The molecule has 0 atom stereocenters. The van der Waals surface area contributed by atoms with E-state index in [9.17, 15) is 13.5 Å². The van der Waals surface area contributed by atoms with Crippen molar-refractivity contribution < 1.29 is 13.5 Å². The van der Waals surface area contributed by atoms with Crippen LogP contribution in [-0.4, -0.2) is 26.6 Å². The van der Waals surface area contributed by atoms with Crippen molar-refractivity contribution in [2.24, 2.45) is 5.92 Å². The zero-order valence-corrected chi connectivity index (χ0v) is 12.7. The molecule has 0 heterocycles. The zero-order valence-electron chi connectivity index (χ0n) is 11.8. The molecule has 0 saturated carbocycles.